The van der Waals surface area contributed by atoms with Gasteiger partial charge < -0.3 is 20.3 Å². The Balaban J connectivity index is 1.67. The summed E-state index contributed by atoms with van der Waals surface area (Å²) in [5, 5.41) is 8.04. The van der Waals surface area contributed by atoms with E-state index in [2.05, 4.69) is 48.1 Å². The first-order chi connectivity index (χ1) is 14.1. The lowest BCUT2D eigenvalue weighted by atomic mass is 9.80. The molecule has 1 aromatic carbocycles. The molecule has 2 N–H and O–H groups in total. The fourth-order valence-electron chi connectivity index (χ4n) is 4.86. The van der Waals surface area contributed by atoms with Crippen LogP contribution in [0.5, 0.6) is 0 Å². The Kier molecular flexibility index (Phi) is 7.71. The van der Waals surface area contributed by atoms with E-state index in [1.807, 2.05) is 12.1 Å². The van der Waals surface area contributed by atoms with Gasteiger partial charge in [0, 0.05) is 55.4 Å². The molecule has 0 radical (unpaired) electrons. The number of morpholine rings is 1. The van der Waals surface area contributed by atoms with Gasteiger partial charge in [-0.3, -0.25) is 4.90 Å². The van der Waals surface area contributed by atoms with Crippen molar-refractivity contribution in [1.29, 1.82) is 0 Å². The van der Waals surface area contributed by atoms with Crippen molar-refractivity contribution in [3.63, 3.8) is 0 Å². The largest absolute Gasteiger partial charge is 0.379 e. The highest BCUT2D eigenvalue weighted by molar-refractivity contribution is 7.80. The van der Waals surface area contributed by atoms with Gasteiger partial charge in [0.25, 0.3) is 0 Å². The summed E-state index contributed by atoms with van der Waals surface area (Å²) in [4.78, 5) is 4.50. The van der Waals surface area contributed by atoms with Gasteiger partial charge in [-0.2, -0.15) is 0 Å². The number of nitrogens with one attached hydrogen (secondary N) is 2. The molecule has 5 nitrogen and oxygen atoms in total. The van der Waals surface area contributed by atoms with Crippen LogP contribution in [0.4, 0.5) is 4.39 Å². The molecule has 0 aromatic heterocycles. The minimum Gasteiger partial charge on any atom is -0.379 e. The summed E-state index contributed by atoms with van der Waals surface area (Å²) in [5.74, 6) is -0.180. The lowest BCUT2D eigenvalue weighted by Crippen LogP contribution is -2.63. The summed E-state index contributed by atoms with van der Waals surface area (Å²) < 4.78 is 19.8. The first-order valence-corrected chi connectivity index (χ1v) is 11.4. The molecule has 168 valence electrons. The fourth-order valence-corrected chi connectivity index (χ4v) is 5.18. The molecular weight excluding hydrogens is 399 g/mol. The zero-order valence-electron chi connectivity index (χ0n) is 18.8. The predicted octanol–water partition coefficient (Wildman–Crippen LogP) is 3.14. The predicted molar refractivity (Wildman–Crippen MR) is 124 cm³/mol. The Morgan fingerprint density at radius 1 is 1.20 bits per heavy atom. The molecule has 2 aliphatic heterocycles. The van der Waals surface area contributed by atoms with E-state index < -0.39 is 0 Å². The number of thiocarbonyl (C=S) groups is 1. The Hall–Kier alpha value is -1.28. The van der Waals surface area contributed by atoms with Crippen molar-refractivity contribution >= 4 is 17.3 Å². The lowest BCUT2D eigenvalue weighted by Gasteiger charge is -2.47. The second-order valence-corrected chi connectivity index (χ2v) is 10.3. The highest BCUT2D eigenvalue weighted by atomic mass is 32.1. The smallest absolute Gasteiger partial charge is 0.169 e. The second-order valence-electron chi connectivity index (χ2n) is 9.91. The summed E-state index contributed by atoms with van der Waals surface area (Å²) in [7, 11) is 0. The molecule has 0 aliphatic carbocycles. The number of rotatable bonds is 6. The van der Waals surface area contributed by atoms with Crippen molar-refractivity contribution in [2.45, 2.75) is 64.2 Å². The maximum atomic E-state index is 14.3. The third-order valence-electron chi connectivity index (χ3n) is 5.91. The quantitative estimate of drug-likeness (QED) is 0.668. The van der Waals surface area contributed by atoms with Crippen LogP contribution < -0.4 is 10.6 Å². The SMILES string of the molecule is CC1(C)CC(NC(=S)N(CCN2CCOCC2)Cc2ccccc2F)CC(C)(C)N1. The molecule has 0 unspecified atom stereocenters. The van der Waals surface area contributed by atoms with Crippen molar-refractivity contribution in [3.05, 3.63) is 35.6 Å². The van der Waals surface area contributed by atoms with Crippen LogP contribution in [0.15, 0.2) is 24.3 Å². The Morgan fingerprint density at radius 2 is 1.83 bits per heavy atom. The molecule has 2 aliphatic rings. The van der Waals surface area contributed by atoms with E-state index in [9.17, 15) is 4.39 Å². The highest BCUT2D eigenvalue weighted by Crippen LogP contribution is 2.28. The van der Waals surface area contributed by atoms with Gasteiger partial charge in [0.05, 0.1) is 13.2 Å². The van der Waals surface area contributed by atoms with Gasteiger partial charge in [0.2, 0.25) is 0 Å². The molecule has 7 heteroatoms. The number of ether oxygens (including phenoxy) is 1. The molecule has 0 amide bonds. The van der Waals surface area contributed by atoms with Gasteiger partial charge in [-0.1, -0.05) is 18.2 Å². The van der Waals surface area contributed by atoms with E-state index in [1.54, 1.807) is 6.07 Å². The molecule has 0 saturated carbocycles. The number of hydrogen-bond acceptors (Lipinski definition) is 4. The zero-order valence-corrected chi connectivity index (χ0v) is 19.7. The standard InChI is InChI=1S/C23H37FN4OS/c1-22(2)15-19(16-23(3,4)26-22)25-21(30)28(10-9-27-11-13-29-14-12-27)17-18-7-5-6-8-20(18)24/h5-8,19,26H,9-17H2,1-4H3,(H,25,30). The van der Waals surface area contributed by atoms with E-state index in [-0.39, 0.29) is 22.9 Å². The highest BCUT2D eigenvalue weighted by Gasteiger charge is 2.38. The number of hydrogen-bond donors (Lipinski definition) is 2. The van der Waals surface area contributed by atoms with Crippen LogP contribution in [0.25, 0.3) is 0 Å². The molecular formula is C23H37FN4OS. The van der Waals surface area contributed by atoms with Crippen molar-refractivity contribution in [1.82, 2.24) is 20.4 Å². The monoisotopic (exact) mass is 436 g/mol. The molecule has 2 saturated heterocycles. The van der Waals surface area contributed by atoms with Crippen LogP contribution >= 0.6 is 12.2 Å². The summed E-state index contributed by atoms with van der Waals surface area (Å²) >= 11 is 5.84. The number of halogens is 1. The Labute approximate surface area is 186 Å². The summed E-state index contributed by atoms with van der Waals surface area (Å²) in [6, 6.07) is 7.26. The van der Waals surface area contributed by atoms with Crippen molar-refractivity contribution < 1.29 is 9.13 Å². The molecule has 0 bridgehead atoms. The fraction of sp³-hybridized carbons (Fsp3) is 0.696. The average Bonchev–Trinajstić information content (AvgIpc) is 2.64. The van der Waals surface area contributed by atoms with Crippen molar-refractivity contribution in [2.24, 2.45) is 0 Å². The molecule has 30 heavy (non-hydrogen) atoms. The first-order valence-electron chi connectivity index (χ1n) is 11.0. The Bertz CT molecular complexity index is 705. The summed E-state index contributed by atoms with van der Waals surface area (Å²) in [5.41, 5.74) is 0.757. The average molecular weight is 437 g/mol. The van der Waals surface area contributed by atoms with Gasteiger partial charge >= 0.3 is 0 Å². The number of benzene rings is 1. The van der Waals surface area contributed by atoms with Gasteiger partial charge in [-0.05, 0) is 58.8 Å². The minimum absolute atomic E-state index is 0.0409. The van der Waals surface area contributed by atoms with Gasteiger partial charge in [-0.15, -0.1) is 0 Å². The van der Waals surface area contributed by atoms with Crippen LogP contribution in [0.3, 0.4) is 0 Å². The van der Waals surface area contributed by atoms with Crippen molar-refractivity contribution in [2.75, 3.05) is 39.4 Å². The topological polar surface area (TPSA) is 39.8 Å². The maximum absolute atomic E-state index is 14.3. The molecule has 0 atom stereocenters. The summed E-state index contributed by atoms with van der Waals surface area (Å²) in [6.45, 7) is 14.5. The van der Waals surface area contributed by atoms with Crippen LogP contribution in [-0.2, 0) is 11.3 Å². The molecule has 3 rings (SSSR count). The molecule has 2 heterocycles. The van der Waals surface area contributed by atoms with E-state index >= 15 is 0 Å². The maximum Gasteiger partial charge on any atom is 0.169 e. The Morgan fingerprint density at radius 3 is 2.47 bits per heavy atom. The second kappa shape index (κ2) is 9.90. The number of piperidine rings is 1. The molecule has 2 fully saturated rings. The van der Waals surface area contributed by atoms with E-state index in [4.69, 9.17) is 17.0 Å². The van der Waals surface area contributed by atoms with Crippen LogP contribution in [0, 0.1) is 5.82 Å². The first kappa shape index (κ1) is 23.4. The van der Waals surface area contributed by atoms with Crippen LogP contribution in [-0.4, -0.2) is 71.4 Å². The number of nitrogens with zero attached hydrogens (tertiary/aromatic N) is 2. The van der Waals surface area contributed by atoms with Gasteiger partial charge in [0.15, 0.2) is 5.11 Å². The summed E-state index contributed by atoms with van der Waals surface area (Å²) in [6.07, 6.45) is 1.99. The van der Waals surface area contributed by atoms with Crippen molar-refractivity contribution in [3.8, 4) is 0 Å². The molecule has 0 spiro atoms. The third kappa shape index (κ3) is 6.87. The van der Waals surface area contributed by atoms with Crippen LogP contribution in [0.2, 0.25) is 0 Å². The van der Waals surface area contributed by atoms with Gasteiger partial charge in [0.1, 0.15) is 5.82 Å². The molecule has 1 aromatic rings. The lowest BCUT2D eigenvalue weighted by molar-refractivity contribution is 0.0356. The van der Waals surface area contributed by atoms with E-state index in [1.165, 1.54) is 6.07 Å². The third-order valence-corrected chi connectivity index (χ3v) is 6.29. The van der Waals surface area contributed by atoms with Crippen LogP contribution in [0.1, 0.15) is 46.1 Å². The normalized spacial score (nSPS) is 21.9. The van der Waals surface area contributed by atoms with E-state index in [0.29, 0.717) is 17.2 Å². The van der Waals surface area contributed by atoms with E-state index in [0.717, 1.165) is 52.2 Å². The zero-order chi connectivity index (χ0) is 21.8. The van der Waals surface area contributed by atoms with Gasteiger partial charge in [-0.25, -0.2) is 4.39 Å². The minimum atomic E-state index is -0.180.